The molecule has 1 aliphatic heterocycles. The van der Waals surface area contributed by atoms with Crippen LogP contribution in [-0.4, -0.2) is 41.5 Å². The molecular formula is C25H22BrN3O2. The molecule has 0 aromatic heterocycles. The van der Waals surface area contributed by atoms with Gasteiger partial charge in [-0.2, -0.15) is 5.10 Å². The number of carbonyl (C=O) groups excluding carboxylic acids is 2. The zero-order valence-corrected chi connectivity index (χ0v) is 18.9. The van der Waals surface area contributed by atoms with Crippen LogP contribution in [0.4, 0.5) is 0 Å². The van der Waals surface area contributed by atoms with Crippen LogP contribution in [0.5, 0.6) is 0 Å². The van der Waals surface area contributed by atoms with E-state index >= 15 is 0 Å². The first-order chi connectivity index (χ1) is 14.9. The summed E-state index contributed by atoms with van der Waals surface area (Å²) in [5, 5.41) is 6.29. The molecule has 0 N–H and O–H groups in total. The number of carbonyl (C=O) groups is 2. The molecule has 156 valence electrons. The lowest BCUT2D eigenvalue weighted by Gasteiger charge is -2.22. The van der Waals surface area contributed by atoms with Crippen molar-refractivity contribution < 1.29 is 9.59 Å². The summed E-state index contributed by atoms with van der Waals surface area (Å²) in [4.78, 5) is 27.0. The molecule has 6 heteroatoms. The van der Waals surface area contributed by atoms with Gasteiger partial charge in [0.2, 0.25) is 0 Å². The van der Waals surface area contributed by atoms with Crippen LogP contribution in [0.15, 0.2) is 88.4 Å². The first-order valence-electron chi connectivity index (χ1n) is 9.97. The molecule has 3 aromatic carbocycles. The molecule has 1 atom stereocenters. The van der Waals surface area contributed by atoms with E-state index in [1.807, 2.05) is 54.6 Å². The van der Waals surface area contributed by atoms with Crippen molar-refractivity contribution in [1.82, 2.24) is 9.91 Å². The van der Waals surface area contributed by atoms with Crippen molar-refractivity contribution in [2.24, 2.45) is 5.10 Å². The van der Waals surface area contributed by atoms with E-state index in [0.29, 0.717) is 17.5 Å². The quantitative estimate of drug-likeness (QED) is 0.524. The lowest BCUT2D eigenvalue weighted by molar-refractivity contribution is 0.0710. The van der Waals surface area contributed by atoms with E-state index in [1.165, 1.54) is 0 Å². The molecule has 0 spiro atoms. The van der Waals surface area contributed by atoms with Crippen molar-refractivity contribution >= 4 is 33.5 Å². The third-order valence-electron chi connectivity index (χ3n) is 5.27. The first-order valence-corrected chi connectivity index (χ1v) is 10.8. The fourth-order valence-electron chi connectivity index (χ4n) is 3.60. The summed E-state index contributed by atoms with van der Waals surface area (Å²) in [7, 11) is 3.46. The summed E-state index contributed by atoms with van der Waals surface area (Å²) >= 11 is 3.41. The van der Waals surface area contributed by atoms with E-state index in [4.69, 9.17) is 5.10 Å². The van der Waals surface area contributed by atoms with Crippen LogP contribution in [-0.2, 0) is 0 Å². The Morgan fingerprint density at radius 2 is 1.52 bits per heavy atom. The van der Waals surface area contributed by atoms with Gasteiger partial charge < -0.3 is 4.90 Å². The van der Waals surface area contributed by atoms with E-state index in [9.17, 15) is 9.59 Å². The Balaban J connectivity index is 1.67. The molecule has 0 aliphatic carbocycles. The van der Waals surface area contributed by atoms with Crippen molar-refractivity contribution in [3.8, 4) is 0 Å². The fourth-order valence-corrected chi connectivity index (χ4v) is 3.86. The van der Waals surface area contributed by atoms with Crippen LogP contribution < -0.4 is 0 Å². The van der Waals surface area contributed by atoms with E-state index in [0.717, 1.165) is 21.3 Å². The number of rotatable bonds is 4. The largest absolute Gasteiger partial charge is 0.345 e. The Hall–Kier alpha value is -3.25. The minimum atomic E-state index is -0.185. The van der Waals surface area contributed by atoms with Gasteiger partial charge in [-0.25, -0.2) is 5.01 Å². The van der Waals surface area contributed by atoms with Crippen molar-refractivity contribution in [2.45, 2.75) is 12.5 Å². The molecule has 2 amide bonds. The van der Waals surface area contributed by atoms with Gasteiger partial charge in [-0.15, -0.1) is 0 Å². The lowest BCUT2D eigenvalue weighted by atomic mass is 9.97. The van der Waals surface area contributed by atoms with Gasteiger partial charge >= 0.3 is 0 Å². The second-order valence-corrected chi connectivity index (χ2v) is 8.53. The molecule has 0 fully saturated rings. The molecule has 31 heavy (non-hydrogen) atoms. The average molecular weight is 476 g/mol. The van der Waals surface area contributed by atoms with Crippen LogP contribution in [0, 0.1) is 0 Å². The van der Waals surface area contributed by atoms with Gasteiger partial charge in [-0.3, -0.25) is 9.59 Å². The highest BCUT2D eigenvalue weighted by atomic mass is 79.9. The van der Waals surface area contributed by atoms with Crippen molar-refractivity contribution in [1.29, 1.82) is 0 Å². The van der Waals surface area contributed by atoms with Gasteiger partial charge in [0.1, 0.15) is 0 Å². The van der Waals surface area contributed by atoms with E-state index in [2.05, 4.69) is 15.9 Å². The average Bonchev–Trinajstić information content (AvgIpc) is 3.25. The number of benzene rings is 3. The van der Waals surface area contributed by atoms with Crippen LogP contribution in [0.1, 0.15) is 44.3 Å². The van der Waals surface area contributed by atoms with Gasteiger partial charge in [0.15, 0.2) is 0 Å². The Labute approximate surface area is 190 Å². The highest BCUT2D eigenvalue weighted by Gasteiger charge is 2.33. The minimum absolute atomic E-state index is 0.0471. The highest BCUT2D eigenvalue weighted by molar-refractivity contribution is 9.10. The fraction of sp³-hybridized carbons (Fsp3) is 0.160. The number of amides is 2. The van der Waals surface area contributed by atoms with Crippen LogP contribution >= 0.6 is 15.9 Å². The predicted molar refractivity (Wildman–Crippen MR) is 125 cm³/mol. The molecule has 0 saturated carbocycles. The molecule has 1 unspecified atom stereocenters. The van der Waals surface area contributed by atoms with Crippen molar-refractivity contribution in [3.05, 3.63) is 106 Å². The Morgan fingerprint density at radius 3 is 2.13 bits per heavy atom. The molecule has 1 heterocycles. The highest BCUT2D eigenvalue weighted by Crippen LogP contribution is 2.34. The second-order valence-electron chi connectivity index (χ2n) is 7.61. The molecule has 0 radical (unpaired) electrons. The summed E-state index contributed by atoms with van der Waals surface area (Å²) in [5.41, 5.74) is 3.97. The summed E-state index contributed by atoms with van der Waals surface area (Å²) < 4.78 is 0.918. The summed E-state index contributed by atoms with van der Waals surface area (Å²) in [6.07, 6.45) is 0.604. The second kappa shape index (κ2) is 8.86. The van der Waals surface area contributed by atoms with E-state index in [1.54, 1.807) is 48.3 Å². The van der Waals surface area contributed by atoms with Gasteiger partial charge in [0.05, 0.1) is 11.8 Å². The number of nitrogens with zero attached hydrogens (tertiary/aromatic N) is 3. The Bertz CT molecular complexity index is 1120. The normalized spacial score (nSPS) is 15.5. The van der Waals surface area contributed by atoms with Crippen molar-refractivity contribution in [3.63, 3.8) is 0 Å². The summed E-state index contributed by atoms with van der Waals surface area (Å²) in [5.74, 6) is -0.190. The van der Waals surface area contributed by atoms with E-state index in [-0.39, 0.29) is 17.9 Å². The Morgan fingerprint density at radius 1 is 0.903 bits per heavy atom. The third kappa shape index (κ3) is 4.44. The molecule has 5 nitrogen and oxygen atoms in total. The first kappa shape index (κ1) is 21.0. The number of hydrazone groups is 1. The maximum atomic E-state index is 13.3. The molecule has 1 aliphatic rings. The molecule has 3 aromatic rings. The smallest absolute Gasteiger partial charge is 0.274 e. The zero-order chi connectivity index (χ0) is 22.0. The third-order valence-corrected chi connectivity index (χ3v) is 5.79. The summed E-state index contributed by atoms with van der Waals surface area (Å²) in [6.45, 7) is 0. The molecule has 4 rings (SSSR count). The number of halogens is 1. The van der Waals surface area contributed by atoms with Crippen LogP contribution in [0.3, 0.4) is 0 Å². The van der Waals surface area contributed by atoms with Gasteiger partial charge in [0.25, 0.3) is 11.8 Å². The molecule has 0 saturated heterocycles. The maximum absolute atomic E-state index is 13.3. The standard InChI is InChI=1S/C25H22BrN3O2/c1-28(2)24(30)19-10-8-17(9-11-19)22-16-23(18-6-4-3-5-7-18)29(27-22)25(31)20-12-14-21(26)15-13-20/h3-15,23H,16H2,1-2H3. The maximum Gasteiger partial charge on any atom is 0.274 e. The van der Waals surface area contributed by atoms with Gasteiger partial charge in [-0.1, -0.05) is 58.4 Å². The summed E-state index contributed by atoms with van der Waals surface area (Å²) in [6, 6.07) is 24.4. The van der Waals surface area contributed by atoms with E-state index < -0.39 is 0 Å². The van der Waals surface area contributed by atoms with Crippen molar-refractivity contribution in [2.75, 3.05) is 14.1 Å². The predicted octanol–water partition coefficient (Wildman–Crippen LogP) is 5.14. The Kier molecular flexibility index (Phi) is 6.00. The number of hydrogen-bond donors (Lipinski definition) is 0. The molecular weight excluding hydrogens is 454 g/mol. The zero-order valence-electron chi connectivity index (χ0n) is 17.3. The minimum Gasteiger partial charge on any atom is -0.345 e. The molecule has 0 bridgehead atoms. The number of hydrogen-bond acceptors (Lipinski definition) is 3. The van der Waals surface area contributed by atoms with Crippen LogP contribution in [0.2, 0.25) is 0 Å². The van der Waals surface area contributed by atoms with Gasteiger partial charge in [0, 0.05) is 36.1 Å². The van der Waals surface area contributed by atoms with Gasteiger partial charge in [-0.05, 0) is 47.5 Å². The van der Waals surface area contributed by atoms with Crippen LogP contribution in [0.25, 0.3) is 0 Å². The SMILES string of the molecule is CN(C)C(=O)c1ccc(C2=NN(C(=O)c3ccc(Br)cc3)C(c3ccccc3)C2)cc1. The lowest BCUT2D eigenvalue weighted by Crippen LogP contribution is -2.27. The topological polar surface area (TPSA) is 53.0 Å². The monoisotopic (exact) mass is 475 g/mol.